The zero-order valence-corrected chi connectivity index (χ0v) is 12.4. The second-order valence-electron chi connectivity index (χ2n) is 7.11. The topological polar surface area (TPSA) is 21.3 Å². The van der Waals surface area contributed by atoms with Gasteiger partial charge in [-0.05, 0) is 61.4 Å². The van der Waals surface area contributed by atoms with Crippen molar-refractivity contribution in [3.63, 3.8) is 0 Å². The molecule has 2 heterocycles. The van der Waals surface area contributed by atoms with Crippen molar-refractivity contribution in [2.24, 2.45) is 0 Å². The highest BCUT2D eigenvalue weighted by molar-refractivity contribution is 5.41. The molecule has 1 fully saturated rings. The largest absolute Gasteiger partial charge is 0.487 e. The van der Waals surface area contributed by atoms with Crippen LogP contribution in [0, 0.1) is 0 Å². The predicted octanol–water partition coefficient (Wildman–Crippen LogP) is 3.43. The molecule has 3 rings (SSSR count). The third-order valence-electron chi connectivity index (χ3n) is 4.62. The van der Waals surface area contributed by atoms with E-state index in [0.717, 1.165) is 31.7 Å². The van der Waals surface area contributed by atoms with Crippen LogP contribution in [0.2, 0.25) is 0 Å². The minimum Gasteiger partial charge on any atom is -0.487 e. The summed E-state index contributed by atoms with van der Waals surface area (Å²) in [6.45, 7) is 9.00. The molecule has 19 heavy (non-hydrogen) atoms. The lowest BCUT2D eigenvalue weighted by atomic mass is 9.81. The third kappa shape index (κ3) is 2.51. The Morgan fingerprint density at radius 3 is 2.53 bits per heavy atom. The highest BCUT2D eigenvalue weighted by Crippen LogP contribution is 2.39. The van der Waals surface area contributed by atoms with Gasteiger partial charge in [-0.3, -0.25) is 0 Å². The number of hydrogen-bond acceptors (Lipinski definition) is 2. The number of rotatable bonds is 0. The van der Waals surface area contributed by atoms with Crippen LogP contribution in [0.3, 0.4) is 0 Å². The number of hydrogen-bond donors (Lipinski definition) is 1. The fourth-order valence-electron chi connectivity index (χ4n) is 3.22. The Bertz CT molecular complexity index is 467. The fourth-order valence-corrected chi connectivity index (χ4v) is 3.22. The van der Waals surface area contributed by atoms with E-state index in [0.29, 0.717) is 0 Å². The minimum absolute atomic E-state index is 0.113. The van der Waals surface area contributed by atoms with Crippen molar-refractivity contribution in [2.45, 2.75) is 57.5 Å². The number of piperidine rings is 1. The summed E-state index contributed by atoms with van der Waals surface area (Å²) >= 11 is 0. The molecule has 2 nitrogen and oxygen atoms in total. The van der Waals surface area contributed by atoms with Gasteiger partial charge in [-0.1, -0.05) is 32.9 Å². The van der Waals surface area contributed by atoms with Crippen molar-refractivity contribution >= 4 is 0 Å². The fraction of sp³-hybridized carbons (Fsp3) is 0.647. The van der Waals surface area contributed by atoms with Gasteiger partial charge in [0.2, 0.25) is 0 Å². The maximum Gasteiger partial charge on any atom is 0.123 e. The molecule has 2 heteroatoms. The van der Waals surface area contributed by atoms with Crippen LogP contribution in [0.15, 0.2) is 18.2 Å². The molecule has 0 saturated carbocycles. The molecule has 1 N–H and O–H groups in total. The molecule has 1 aromatic carbocycles. The first-order valence-corrected chi connectivity index (χ1v) is 7.52. The van der Waals surface area contributed by atoms with Crippen molar-refractivity contribution in [2.75, 3.05) is 13.1 Å². The van der Waals surface area contributed by atoms with Crippen LogP contribution < -0.4 is 10.1 Å². The Morgan fingerprint density at radius 1 is 1.11 bits per heavy atom. The second kappa shape index (κ2) is 4.52. The molecule has 1 saturated heterocycles. The molecule has 0 unspecified atom stereocenters. The Hall–Kier alpha value is -1.02. The van der Waals surface area contributed by atoms with Crippen LogP contribution in [0.5, 0.6) is 5.75 Å². The normalized spacial score (nSPS) is 21.8. The molecule has 0 bridgehead atoms. The van der Waals surface area contributed by atoms with Crippen LogP contribution in [0.25, 0.3) is 0 Å². The van der Waals surface area contributed by atoms with Crippen LogP contribution in [0.1, 0.15) is 51.2 Å². The highest BCUT2D eigenvalue weighted by Gasteiger charge is 2.37. The minimum atomic E-state index is 0.113. The van der Waals surface area contributed by atoms with Crippen molar-refractivity contribution in [3.05, 3.63) is 29.3 Å². The van der Waals surface area contributed by atoms with E-state index in [1.807, 2.05) is 0 Å². The zero-order chi connectivity index (χ0) is 13.5. The van der Waals surface area contributed by atoms with Crippen LogP contribution in [-0.4, -0.2) is 18.7 Å². The summed E-state index contributed by atoms with van der Waals surface area (Å²) in [5.74, 6) is 1.13. The molecule has 1 spiro atoms. The summed E-state index contributed by atoms with van der Waals surface area (Å²) in [5, 5.41) is 3.43. The summed E-state index contributed by atoms with van der Waals surface area (Å²) in [5.41, 5.74) is 3.15. The molecular formula is C17H25NO. The Balaban J connectivity index is 1.86. The number of aryl methyl sites for hydroxylation is 1. The van der Waals surface area contributed by atoms with Gasteiger partial charge in [0.15, 0.2) is 0 Å². The Labute approximate surface area is 116 Å². The van der Waals surface area contributed by atoms with Gasteiger partial charge in [0.05, 0.1) is 0 Å². The number of benzene rings is 1. The zero-order valence-electron chi connectivity index (χ0n) is 12.4. The Kier molecular flexibility index (Phi) is 3.09. The quantitative estimate of drug-likeness (QED) is 0.770. The maximum absolute atomic E-state index is 6.39. The molecule has 0 aliphatic carbocycles. The summed E-state index contributed by atoms with van der Waals surface area (Å²) in [7, 11) is 0. The van der Waals surface area contributed by atoms with Crippen molar-refractivity contribution in [1.29, 1.82) is 0 Å². The van der Waals surface area contributed by atoms with Gasteiger partial charge in [-0.25, -0.2) is 0 Å². The number of nitrogens with one attached hydrogen (secondary N) is 1. The average Bonchev–Trinajstić information content (AvgIpc) is 2.38. The molecule has 0 radical (unpaired) electrons. The highest BCUT2D eigenvalue weighted by atomic mass is 16.5. The average molecular weight is 259 g/mol. The lowest BCUT2D eigenvalue weighted by molar-refractivity contribution is 0.0169. The number of ether oxygens (including phenoxy) is 1. The summed E-state index contributed by atoms with van der Waals surface area (Å²) in [4.78, 5) is 0. The van der Waals surface area contributed by atoms with E-state index in [2.05, 4.69) is 44.3 Å². The molecular weight excluding hydrogens is 234 g/mol. The van der Waals surface area contributed by atoms with Gasteiger partial charge in [0, 0.05) is 0 Å². The predicted molar refractivity (Wildman–Crippen MR) is 78.9 cm³/mol. The molecule has 2 aliphatic heterocycles. The summed E-state index contributed by atoms with van der Waals surface area (Å²) in [6.07, 6.45) is 4.63. The molecule has 0 atom stereocenters. The first-order valence-electron chi connectivity index (χ1n) is 7.52. The SMILES string of the molecule is CC(C)(C)c1ccc2c(c1)CCC1(CCNCC1)O2. The first kappa shape index (κ1) is 13.0. The monoisotopic (exact) mass is 259 g/mol. The molecule has 104 valence electrons. The number of fused-ring (bicyclic) bond motifs is 1. The standard InChI is InChI=1S/C17H25NO/c1-16(2,3)14-4-5-15-13(12-14)6-7-17(19-15)8-10-18-11-9-17/h4-5,12,18H,6-11H2,1-3H3. The molecule has 1 aromatic rings. The van der Waals surface area contributed by atoms with Crippen molar-refractivity contribution in [3.8, 4) is 5.75 Å². The van der Waals surface area contributed by atoms with E-state index in [1.165, 1.54) is 24.0 Å². The van der Waals surface area contributed by atoms with E-state index in [1.54, 1.807) is 0 Å². The summed E-state index contributed by atoms with van der Waals surface area (Å²) in [6, 6.07) is 6.78. The van der Waals surface area contributed by atoms with Crippen molar-refractivity contribution < 1.29 is 4.74 Å². The van der Waals surface area contributed by atoms with E-state index < -0.39 is 0 Å². The van der Waals surface area contributed by atoms with Gasteiger partial charge >= 0.3 is 0 Å². The summed E-state index contributed by atoms with van der Waals surface area (Å²) < 4.78 is 6.39. The van der Waals surface area contributed by atoms with Crippen LogP contribution in [0.4, 0.5) is 0 Å². The van der Waals surface area contributed by atoms with E-state index in [9.17, 15) is 0 Å². The molecule has 2 aliphatic rings. The van der Waals surface area contributed by atoms with E-state index in [4.69, 9.17) is 4.74 Å². The van der Waals surface area contributed by atoms with E-state index in [-0.39, 0.29) is 11.0 Å². The van der Waals surface area contributed by atoms with Gasteiger partial charge in [0.1, 0.15) is 11.4 Å². The second-order valence-corrected chi connectivity index (χ2v) is 7.11. The molecule has 0 aromatic heterocycles. The maximum atomic E-state index is 6.39. The lowest BCUT2D eigenvalue weighted by Crippen LogP contribution is -2.48. The molecule has 0 amide bonds. The van der Waals surface area contributed by atoms with Gasteiger partial charge in [-0.15, -0.1) is 0 Å². The van der Waals surface area contributed by atoms with E-state index >= 15 is 0 Å². The van der Waals surface area contributed by atoms with Crippen LogP contribution in [-0.2, 0) is 11.8 Å². The van der Waals surface area contributed by atoms with Crippen LogP contribution >= 0.6 is 0 Å². The lowest BCUT2D eigenvalue weighted by Gasteiger charge is -2.42. The smallest absolute Gasteiger partial charge is 0.123 e. The first-order chi connectivity index (χ1) is 8.99. The Morgan fingerprint density at radius 2 is 1.84 bits per heavy atom. The van der Waals surface area contributed by atoms with Gasteiger partial charge < -0.3 is 10.1 Å². The van der Waals surface area contributed by atoms with Gasteiger partial charge in [0.25, 0.3) is 0 Å². The van der Waals surface area contributed by atoms with Gasteiger partial charge in [-0.2, -0.15) is 0 Å². The van der Waals surface area contributed by atoms with Crippen molar-refractivity contribution in [1.82, 2.24) is 5.32 Å². The third-order valence-corrected chi connectivity index (χ3v) is 4.62.